The van der Waals surface area contributed by atoms with Crippen LogP contribution in [0.5, 0.6) is 0 Å². The van der Waals surface area contributed by atoms with Crippen molar-refractivity contribution in [3.05, 3.63) is 65.2 Å². The van der Waals surface area contributed by atoms with Crippen LogP contribution in [0.4, 0.5) is 5.69 Å². The molecule has 4 nitrogen and oxygen atoms in total. The molecule has 0 N–H and O–H groups in total. The molecule has 2 saturated heterocycles. The van der Waals surface area contributed by atoms with Gasteiger partial charge in [0.2, 0.25) is 0 Å². The van der Waals surface area contributed by atoms with E-state index in [2.05, 4.69) is 46.2 Å². The van der Waals surface area contributed by atoms with Gasteiger partial charge in [0.05, 0.1) is 6.04 Å². The van der Waals surface area contributed by atoms with Crippen LogP contribution in [-0.4, -0.2) is 55.0 Å². The second-order valence-corrected chi connectivity index (χ2v) is 9.53. The van der Waals surface area contributed by atoms with E-state index in [1.807, 2.05) is 24.1 Å². The van der Waals surface area contributed by atoms with E-state index in [-0.39, 0.29) is 11.9 Å². The average Bonchev–Trinajstić information content (AvgIpc) is 3.28. The fraction of sp³-hybridized carbons (Fsp3) is 0.519. The van der Waals surface area contributed by atoms with E-state index in [0.717, 1.165) is 37.5 Å². The Labute approximate surface area is 186 Å². The number of fused-ring (bicyclic) bond motifs is 1. The topological polar surface area (TPSA) is 26.8 Å². The van der Waals surface area contributed by atoms with Gasteiger partial charge in [0.15, 0.2) is 0 Å². The Hall–Kier alpha value is -2.33. The van der Waals surface area contributed by atoms with E-state index < -0.39 is 0 Å². The van der Waals surface area contributed by atoms with Gasteiger partial charge in [0.1, 0.15) is 0 Å². The van der Waals surface area contributed by atoms with Crippen LogP contribution in [0.1, 0.15) is 66.1 Å². The predicted molar refractivity (Wildman–Crippen MR) is 127 cm³/mol. The summed E-state index contributed by atoms with van der Waals surface area (Å²) in [7, 11) is 1.95. The van der Waals surface area contributed by atoms with Crippen LogP contribution in [0.25, 0.3) is 0 Å². The highest BCUT2D eigenvalue weighted by Gasteiger charge is 2.29. The van der Waals surface area contributed by atoms with Crippen molar-refractivity contribution in [1.29, 1.82) is 0 Å². The number of aryl methyl sites for hydroxylation is 1. The third-order valence-electron chi connectivity index (χ3n) is 7.74. The molecule has 0 aromatic heterocycles. The van der Waals surface area contributed by atoms with Crippen molar-refractivity contribution in [1.82, 2.24) is 9.80 Å². The minimum absolute atomic E-state index is 0.122. The maximum atomic E-state index is 13.2. The van der Waals surface area contributed by atoms with E-state index in [1.165, 1.54) is 62.0 Å². The van der Waals surface area contributed by atoms with Crippen molar-refractivity contribution < 1.29 is 4.79 Å². The van der Waals surface area contributed by atoms with Gasteiger partial charge in [-0.25, -0.2) is 0 Å². The van der Waals surface area contributed by atoms with E-state index in [1.54, 1.807) is 0 Å². The molecule has 0 spiro atoms. The van der Waals surface area contributed by atoms with Gasteiger partial charge in [0.25, 0.3) is 5.91 Å². The van der Waals surface area contributed by atoms with Gasteiger partial charge in [-0.1, -0.05) is 30.7 Å². The summed E-state index contributed by atoms with van der Waals surface area (Å²) in [5.74, 6) is 0.122. The summed E-state index contributed by atoms with van der Waals surface area (Å²) < 4.78 is 0. The molecule has 31 heavy (non-hydrogen) atoms. The van der Waals surface area contributed by atoms with Gasteiger partial charge < -0.3 is 14.7 Å². The van der Waals surface area contributed by atoms with Crippen LogP contribution >= 0.6 is 0 Å². The van der Waals surface area contributed by atoms with E-state index >= 15 is 0 Å². The number of rotatable bonds is 4. The molecule has 0 bridgehead atoms. The monoisotopic (exact) mass is 417 g/mol. The standard InChI is InChI=1S/C27H35N3O/c1-28(26-14-11-21-7-3-4-8-25(21)26)27(31)22-9-12-23(13-10-22)30-19-15-24(16-20-30)29-17-5-2-6-18-29/h3-4,7-10,12-13,24,26H,2,5-6,11,14-20H2,1H3. The molecule has 4 heteroatoms. The molecule has 0 radical (unpaired) electrons. The predicted octanol–water partition coefficient (Wildman–Crippen LogP) is 4.90. The number of amides is 1. The van der Waals surface area contributed by atoms with Crippen LogP contribution in [0, 0.1) is 0 Å². The highest BCUT2D eigenvalue weighted by molar-refractivity contribution is 5.94. The van der Waals surface area contributed by atoms with Crippen LogP contribution < -0.4 is 4.90 Å². The van der Waals surface area contributed by atoms with Crippen molar-refractivity contribution in [2.45, 2.75) is 57.0 Å². The summed E-state index contributed by atoms with van der Waals surface area (Å²) in [4.78, 5) is 20.3. The van der Waals surface area contributed by atoms with Crippen molar-refractivity contribution >= 4 is 11.6 Å². The van der Waals surface area contributed by atoms with Crippen molar-refractivity contribution in [2.24, 2.45) is 0 Å². The number of benzene rings is 2. The van der Waals surface area contributed by atoms with Gasteiger partial charge in [-0.15, -0.1) is 0 Å². The highest BCUT2D eigenvalue weighted by atomic mass is 16.2. The smallest absolute Gasteiger partial charge is 0.254 e. The lowest BCUT2D eigenvalue weighted by Gasteiger charge is -2.41. The summed E-state index contributed by atoms with van der Waals surface area (Å²) in [5, 5.41) is 0. The second-order valence-electron chi connectivity index (χ2n) is 9.53. The number of anilines is 1. The van der Waals surface area contributed by atoms with Gasteiger partial charge in [-0.05, 0) is 87.0 Å². The summed E-state index contributed by atoms with van der Waals surface area (Å²) in [6.45, 7) is 4.82. The normalized spacial score (nSPS) is 22.4. The number of piperidine rings is 2. The first-order chi connectivity index (χ1) is 15.2. The fourth-order valence-electron chi connectivity index (χ4n) is 5.87. The summed E-state index contributed by atoms with van der Waals surface area (Å²) in [6.07, 6.45) is 8.74. The minimum atomic E-state index is 0.122. The zero-order valence-corrected chi connectivity index (χ0v) is 18.8. The van der Waals surface area contributed by atoms with Crippen LogP contribution in [-0.2, 0) is 6.42 Å². The summed E-state index contributed by atoms with van der Waals surface area (Å²) >= 11 is 0. The molecule has 2 fully saturated rings. The molecule has 2 heterocycles. The highest BCUT2D eigenvalue weighted by Crippen LogP contribution is 2.35. The fourth-order valence-corrected chi connectivity index (χ4v) is 5.87. The molecular formula is C27H35N3O. The van der Waals surface area contributed by atoms with Crippen LogP contribution in [0.2, 0.25) is 0 Å². The Morgan fingerprint density at radius 1 is 0.871 bits per heavy atom. The Bertz CT molecular complexity index is 895. The molecule has 0 saturated carbocycles. The Morgan fingerprint density at radius 3 is 2.32 bits per heavy atom. The number of hydrogen-bond donors (Lipinski definition) is 0. The van der Waals surface area contributed by atoms with Crippen molar-refractivity contribution in [2.75, 3.05) is 38.1 Å². The van der Waals surface area contributed by atoms with E-state index in [4.69, 9.17) is 0 Å². The minimum Gasteiger partial charge on any atom is -0.371 e. The molecule has 1 unspecified atom stereocenters. The number of hydrogen-bond acceptors (Lipinski definition) is 3. The largest absolute Gasteiger partial charge is 0.371 e. The Balaban J connectivity index is 1.20. The third kappa shape index (κ3) is 4.23. The van der Waals surface area contributed by atoms with Gasteiger partial charge >= 0.3 is 0 Å². The lowest BCUT2D eigenvalue weighted by Crippen LogP contribution is -2.46. The number of carbonyl (C=O) groups is 1. The molecule has 164 valence electrons. The summed E-state index contributed by atoms with van der Waals surface area (Å²) in [6, 6.07) is 17.8. The molecule has 1 amide bonds. The molecule has 1 aliphatic carbocycles. The molecule has 2 aromatic carbocycles. The van der Waals surface area contributed by atoms with Crippen LogP contribution in [0.3, 0.4) is 0 Å². The maximum Gasteiger partial charge on any atom is 0.254 e. The van der Waals surface area contributed by atoms with Gasteiger partial charge in [-0.3, -0.25) is 4.79 Å². The molecular weight excluding hydrogens is 382 g/mol. The second kappa shape index (κ2) is 9.04. The quantitative estimate of drug-likeness (QED) is 0.708. The molecule has 5 rings (SSSR count). The Kier molecular flexibility index (Phi) is 5.99. The molecule has 2 aromatic rings. The molecule has 2 aliphatic heterocycles. The third-order valence-corrected chi connectivity index (χ3v) is 7.74. The first-order valence-corrected chi connectivity index (χ1v) is 12.1. The zero-order valence-electron chi connectivity index (χ0n) is 18.8. The average molecular weight is 418 g/mol. The van der Waals surface area contributed by atoms with E-state index in [9.17, 15) is 4.79 Å². The lowest BCUT2D eigenvalue weighted by atomic mass is 9.99. The van der Waals surface area contributed by atoms with Crippen molar-refractivity contribution in [3.63, 3.8) is 0 Å². The van der Waals surface area contributed by atoms with E-state index in [0.29, 0.717) is 0 Å². The van der Waals surface area contributed by atoms with Gasteiger partial charge in [-0.2, -0.15) is 0 Å². The van der Waals surface area contributed by atoms with Crippen LogP contribution in [0.15, 0.2) is 48.5 Å². The summed E-state index contributed by atoms with van der Waals surface area (Å²) in [5.41, 5.74) is 4.74. The maximum absolute atomic E-state index is 13.2. The number of carbonyl (C=O) groups excluding carboxylic acids is 1. The zero-order chi connectivity index (χ0) is 21.2. The lowest BCUT2D eigenvalue weighted by molar-refractivity contribution is 0.0730. The van der Waals surface area contributed by atoms with Gasteiger partial charge in [0, 0.05) is 37.4 Å². The van der Waals surface area contributed by atoms with Crippen molar-refractivity contribution in [3.8, 4) is 0 Å². The SMILES string of the molecule is CN(C(=O)c1ccc(N2CCC(N3CCCCC3)CC2)cc1)C1CCc2ccccc21. The Morgan fingerprint density at radius 2 is 1.58 bits per heavy atom. The first-order valence-electron chi connectivity index (χ1n) is 12.1. The number of likely N-dealkylation sites (tertiary alicyclic amines) is 1. The first kappa shape index (κ1) is 20.6. The molecule has 3 aliphatic rings. The number of nitrogens with zero attached hydrogens (tertiary/aromatic N) is 3. The molecule has 1 atom stereocenters.